The van der Waals surface area contributed by atoms with Gasteiger partial charge in [-0.2, -0.15) is 0 Å². The van der Waals surface area contributed by atoms with Gasteiger partial charge in [-0.15, -0.1) is 0 Å². The highest BCUT2D eigenvalue weighted by Crippen LogP contribution is 2.20. The van der Waals surface area contributed by atoms with Gasteiger partial charge in [-0.25, -0.2) is 0 Å². The van der Waals surface area contributed by atoms with Crippen molar-refractivity contribution >= 4 is 23.2 Å². The molecule has 19 heavy (non-hydrogen) atoms. The van der Waals surface area contributed by atoms with Crippen molar-refractivity contribution in [3.8, 4) is 5.75 Å². The zero-order chi connectivity index (χ0) is 14.1. The van der Waals surface area contributed by atoms with Crippen molar-refractivity contribution in [3.05, 3.63) is 40.4 Å². The Morgan fingerprint density at radius 3 is 2.53 bits per heavy atom. The highest BCUT2D eigenvalue weighted by atomic mass is 35.5. The summed E-state index contributed by atoms with van der Waals surface area (Å²) in [7, 11) is 0. The Bertz CT molecular complexity index is 390. The number of nitrogens with one attached hydrogen (secondary N) is 1. The smallest absolute Gasteiger partial charge is 0.125 e. The van der Waals surface area contributed by atoms with Crippen LogP contribution >= 0.6 is 23.2 Å². The molecule has 1 rings (SSSR count). The molecule has 0 bridgehead atoms. The van der Waals surface area contributed by atoms with Gasteiger partial charge in [0.1, 0.15) is 12.4 Å². The van der Waals surface area contributed by atoms with Crippen LogP contribution in [0.1, 0.15) is 38.3 Å². The van der Waals surface area contributed by atoms with E-state index in [-0.39, 0.29) is 0 Å². The normalized spacial score (nSPS) is 13.4. The molecule has 1 atom stereocenters. The van der Waals surface area contributed by atoms with Gasteiger partial charge in [0.25, 0.3) is 0 Å². The Labute approximate surface area is 125 Å². The summed E-state index contributed by atoms with van der Waals surface area (Å²) in [4.78, 5) is 0. The zero-order valence-corrected chi connectivity index (χ0v) is 13.0. The first kappa shape index (κ1) is 16.4. The van der Waals surface area contributed by atoms with Gasteiger partial charge in [0.05, 0.1) is 5.03 Å². The molecule has 0 aliphatic heterocycles. The van der Waals surface area contributed by atoms with E-state index in [1.807, 2.05) is 12.1 Å². The number of hydrogen-bond donors (Lipinski definition) is 1. The van der Waals surface area contributed by atoms with E-state index >= 15 is 0 Å². The molecule has 4 heteroatoms. The van der Waals surface area contributed by atoms with E-state index in [0.717, 1.165) is 25.1 Å². The van der Waals surface area contributed by atoms with E-state index in [4.69, 9.17) is 27.9 Å². The molecule has 0 aliphatic carbocycles. The van der Waals surface area contributed by atoms with Crippen LogP contribution in [0, 0.1) is 0 Å². The fraction of sp³-hybridized carbons (Fsp3) is 0.467. The SMILES string of the molecule is CCCNC(CC)c1ccc(OCC(Cl)=CCl)cc1. The first-order valence-corrected chi connectivity index (χ1v) is 7.43. The van der Waals surface area contributed by atoms with Crippen LogP contribution in [0.5, 0.6) is 5.75 Å². The lowest BCUT2D eigenvalue weighted by Crippen LogP contribution is -2.21. The fourth-order valence-corrected chi connectivity index (χ4v) is 1.91. The largest absolute Gasteiger partial charge is 0.488 e. The van der Waals surface area contributed by atoms with E-state index in [9.17, 15) is 0 Å². The highest BCUT2D eigenvalue weighted by Gasteiger charge is 2.07. The van der Waals surface area contributed by atoms with Crippen molar-refractivity contribution < 1.29 is 4.74 Å². The minimum Gasteiger partial charge on any atom is -0.488 e. The fourth-order valence-electron chi connectivity index (χ4n) is 1.80. The quantitative estimate of drug-likeness (QED) is 0.742. The van der Waals surface area contributed by atoms with Gasteiger partial charge >= 0.3 is 0 Å². The van der Waals surface area contributed by atoms with Crippen LogP contribution in [0.4, 0.5) is 0 Å². The molecule has 0 spiro atoms. The van der Waals surface area contributed by atoms with Crippen molar-refractivity contribution in [2.24, 2.45) is 0 Å². The number of ether oxygens (including phenoxy) is 1. The van der Waals surface area contributed by atoms with E-state index in [0.29, 0.717) is 17.7 Å². The van der Waals surface area contributed by atoms with Gasteiger partial charge in [-0.1, -0.05) is 49.2 Å². The summed E-state index contributed by atoms with van der Waals surface area (Å²) in [6, 6.07) is 8.50. The van der Waals surface area contributed by atoms with Gasteiger partial charge in [-0.05, 0) is 37.1 Å². The van der Waals surface area contributed by atoms with Crippen LogP contribution in [0.3, 0.4) is 0 Å². The van der Waals surface area contributed by atoms with E-state index in [1.165, 1.54) is 11.1 Å². The molecule has 1 unspecified atom stereocenters. The van der Waals surface area contributed by atoms with Gasteiger partial charge in [-0.3, -0.25) is 0 Å². The molecular weight excluding hydrogens is 281 g/mol. The van der Waals surface area contributed by atoms with Gasteiger partial charge < -0.3 is 10.1 Å². The average Bonchev–Trinajstić information content (AvgIpc) is 2.46. The first-order valence-electron chi connectivity index (χ1n) is 6.62. The van der Waals surface area contributed by atoms with Crippen LogP contribution in [0.2, 0.25) is 0 Å². The molecule has 0 heterocycles. The maximum atomic E-state index is 5.77. The summed E-state index contributed by atoms with van der Waals surface area (Å²) in [6.07, 6.45) is 2.21. The average molecular weight is 302 g/mol. The Balaban J connectivity index is 2.59. The summed E-state index contributed by atoms with van der Waals surface area (Å²) >= 11 is 11.2. The molecule has 0 saturated carbocycles. The maximum absolute atomic E-state index is 5.77. The molecule has 1 aromatic carbocycles. The van der Waals surface area contributed by atoms with E-state index < -0.39 is 0 Å². The second kappa shape index (κ2) is 9.24. The molecule has 2 nitrogen and oxygen atoms in total. The van der Waals surface area contributed by atoms with E-state index in [1.54, 1.807) is 0 Å². The van der Waals surface area contributed by atoms with Crippen molar-refractivity contribution in [1.82, 2.24) is 5.32 Å². The van der Waals surface area contributed by atoms with Crippen LogP contribution in [-0.4, -0.2) is 13.2 Å². The van der Waals surface area contributed by atoms with Gasteiger partial charge in [0, 0.05) is 11.6 Å². The van der Waals surface area contributed by atoms with E-state index in [2.05, 4.69) is 31.3 Å². The molecular formula is C15H21Cl2NO. The number of benzene rings is 1. The van der Waals surface area contributed by atoms with Crippen LogP contribution < -0.4 is 10.1 Å². The van der Waals surface area contributed by atoms with Crippen molar-refractivity contribution in [2.45, 2.75) is 32.7 Å². The zero-order valence-electron chi connectivity index (χ0n) is 11.5. The molecule has 106 valence electrons. The lowest BCUT2D eigenvalue weighted by Gasteiger charge is -2.17. The summed E-state index contributed by atoms with van der Waals surface area (Å²) in [5.41, 5.74) is 2.60. The summed E-state index contributed by atoms with van der Waals surface area (Å²) < 4.78 is 5.50. The Morgan fingerprint density at radius 2 is 2.00 bits per heavy atom. The molecule has 0 amide bonds. The Kier molecular flexibility index (Phi) is 7.96. The lowest BCUT2D eigenvalue weighted by atomic mass is 10.0. The second-order valence-electron chi connectivity index (χ2n) is 4.33. The number of halogens is 2. The third kappa shape index (κ3) is 5.85. The maximum Gasteiger partial charge on any atom is 0.125 e. The Hall–Kier alpha value is -0.700. The Morgan fingerprint density at radius 1 is 1.32 bits per heavy atom. The van der Waals surface area contributed by atoms with Gasteiger partial charge in [0.2, 0.25) is 0 Å². The first-order chi connectivity index (χ1) is 9.21. The molecule has 0 aromatic heterocycles. The standard InChI is InChI=1S/C15H21Cl2NO/c1-3-9-18-15(4-2)12-5-7-14(8-6-12)19-11-13(17)10-16/h5-8,10,15,18H,3-4,9,11H2,1-2H3. The number of hydrogen-bond acceptors (Lipinski definition) is 2. The van der Waals surface area contributed by atoms with Gasteiger partial charge in [0.15, 0.2) is 0 Å². The third-order valence-corrected chi connectivity index (χ3v) is 3.42. The molecule has 0 radical (unpaired) electrons. The van der Waals surface area contributed by atoms with Crippen LogP contribution in [-0.2, 0) is 0 Å². The highest BCUT2D eigenvalue weighted by molar-refractivity contribution is 6.36. The molecule has 1 N–H and O–H groups in total. The molecule has 0 fully saturated rings. The molecule has 1 aromatic rings. The third-order valence-electron chi connectivity index (χ3n) is 2.83. The summed E-state index contributed by atoms with van der Waals surface area (Å²) in [5, 5.41) is 4.01. The predicted molar refractivity (Wildman–Crippen MR) is 83.1 cm³/mol. The molecule has 0 aliphatic rings. The second-order valence-corrected chi connectivity index (χ2v) is 5.03. The van der Waals surface area contributed by atoms with Crippen molar-refractivity contribution in [1.29, 1.82) is 0 Å². The van der Waals surface area contributed by atoms with Crippen LogP contribution in [0.15, 0.2) is 34.8 Å². The van der Waals surface area contributed by atoms with Crippen molar-refractivity contribution in [3.63, 3.8) is 0 Å². The summed E-state index contributed by atoms with van der Waals surface area (Å²) in [6.45, 7) is 5.69. The molecule has 0 saturated heterocycles. The lowest BCUT2D eigenvalue weighted by molar-refractivity contribution is 0.359. The summed E-state index contributed by atoms with van der Waals surface area (Å²) in [5.74, 6) is 0.797. The van der Waals surface area contributed by atoms with Crippen molar-refractivity contribution in [2.75, 3.05) is 13.2 Å². The predicted octanol–water partition coefficient (Wildman–Crippen LogP) is 4.84. The minimum absolute atomic E-state index is 0.301. The number of rotatable bonds is 8. The minimum atomic E-state index is 0.301. The van der Waals surface area contributed by atoms with Crippen LogP contribution in [0.25, 0.3) is 0 Å². The monoisotopic (exact) mass is 301 g/mol. The topological polar surface area (TPSA) is 21.3 Å².